The fraction of sp³-hybridized carbons (Fsp3) is 0.655. The van der Waals surface area contributed by atoms with Crippen LogP contribution in [0.25, 0.3) is 0 Å². The molecule has 0 aromatic carbocycles. The van der Waals surface area contributed by atoms with Crippen molar-refractivity contribution in [3.05, 3.63) is 41.2 Å². The summed E-state index contributed by atoms with van der Waals surface area (Å²) in [7, 11) is 0. The smallest absolute Gasteiger partial charge is 0.326 e. The van der Waals surface area contributed by atoms with Crippen molar-refractivity contribution in [1.82, 2.24) is 20.2 Å². The molecule has 10 nitrogen and oxygen atoms in total. The lowest BCUT2D eigenvalue weighted by Gasteiger charge is -2.25. The van der Waals surface area contributed by atoms with Crippen molar-refractivity contribution in [3.8, 4) is 0 Å². The number of hydrogen-bond acceptors (Lipinski definition) is 8. The van der Waals surface area contributed by atoms with Gasteiger partial charge < -0.3 is 29.8 Å². The highest BCUT2D eigenvalue weighted by Gasteiger charge is 2.29. The van der Waals surface area contributed by atoms with Crippen LogP contribution in [0.4, 0.5) is 5.82 Å². The molecule has 2 aromatic heterocycles. The number of unbranched alkanes of at least 4 members (excludes halogenated alkanes) is 1. The number of carbonyl (C=O) groups excluding carboxylic acids is 1. The molecule has 3 heterocycles. The van der Waals surface area contributed by atoms with Crippen LogP contribution in [0, 0.1) is 0 Å². The molecule has 1 atom stereocenters. The van der Waals surface area contributed by atoms with Gasteiger partial charge in [0, 0.05) is 30.7 Å². The Labute approximate surface area is 231 Å². The van der Waals surface area contributed by atoms with Gasteiger partial charge >= 0.3 is 5.97 Å². The number of aryl methyl sites for hydroxylation is 2. The first-order valence-corrected chi connectivity index (χ1v) is 14.1. The van der Waals surface area contributed by atoms with Crippen molar-refractivity contribution < 1.29 is 23.8 Å². The highest BCUT2D eigenvalue weighted by atomic mass is 16.5. The molecule has 0 radical (unpaired) electrons. The number of carbonyl (C=O) groups is 2. The van der Waals surface area contributed by atoms with Gasteiger partial charge in [0.1, 0.15) is 17.6 Å². The Morgan fingerprint density at radius 2 is 2.00 bits per heavy atom. The number of carboxylic acids is 1. The minimum absolute atomic E-state index is 0.126. The summed E-state index contributed by atoms with van der Waals surface area (Å²) in [6, 6.07) is 3.27. The van der Waals surface area contributed by atoms with Gasteiger partial charge in [-0.05, 0) is 70.5 Å². The van der Waals surface area contributed by atoms with Crippen LogP contribution in [0.2, 0.25) is 0 Å². The van der Waals surface area contributed by atoms with Gasteiger partial charge in [-0.2, -0.15) is 0 Å². The van der Waals surface area contributed by atoms with E-state index in [-0.39, 0.29) is 18.2 Å². The topological polar surface area (TPSA) is 130 Å². The first-order chi connectivity index (χ1) is 18.5. The van der Waals surface area contributed by atoms with E-state index in [1.54, 1.807) is 0 Å². The number of anilines is 1. The van der Waals surface area contributed by atoms with Crippen LogP contribution in [0.5, 0.6) is 0 Å². The van der Waals surface area contributed by atoms with Crippen LogP contribution in [0.1, 0.15) is 87.8 Å². The summed E-state index contributed by atoms with van der Waals surface area (Å²) < 4.78 is 11.2. The standard InChI is InChI=1S/C29H45N5O5/c1-20(2)38-18-17-34(15-7-6-10-22-12-11-21-9-8-14-30-26(21)32-22)16-13-23(28(36)37)33-27(35)24-25(29(3,4)5)39-19-31-24/h11-12,19-20,23H,6-10,13-18H2,1-5H3,(H,30,32)(H,33,35)(H,36,37)/t23-/m0/s1. The molecule has 1 aliphatic rings. The molecule has 0 aliphatic carbocycles. The van der Waals surface area contributed by atoms with E-state index in [1.165, 1.54) is 12.0 Å². The molecule has 0 bridgehead atoms. The number of ether oxygens (including phenoxy) is 1. The highest BCUT2D eigenvalue weighted by molar-refractivity contribution is 5.96. The van der Waals surface area contributed by atoms with Crippen molar-refractivity contribution in [3.63, 3.8) is 0 Å². The van der Waals surface area contributed by atoms with Gasteiger partial charge in [0.25, 0.3) is 5.91 Å². The number of hydrogen-bond donors (Lipinski definition) is 3. The molecule has 0 unspecified atom stereocenters. The summed E-state index contributed by atoms with van der Waals surface area (Å²) in [4.78, 5) is 35.9. The first kappa shape index (κ1) is 30.6. The van der Waals surface area contributed by atoms with Crippen LogP contribution in [-0.4, -0.2) is 76.8 Å². The maximum Gasteiger partial charge on any atom is 0.326 e. The quantitative estimate of drug-likeness (QED) is 0.285. The van der Waals surface area contributed by atoms with Gasteiger partial charge in [0.15, 0.2) is 12.1 Å². The van der Waals surface area contributed by atoms with E-state index in [4.69, 9.17) is 14.1 Å². The van der Waals surface area contributed by atoms with Gasteiger partial charge in [-0.15, -0.1) is 0 Å². The first-order valence-electron chi connectivity index (χ1n) is 14.1. The lowest BCUT2D eigenvalue weighted by atomic mass is 9.91. The van der Waals surface area contributed by atoms with Crippen LogP contribution in [-0.2, 0) is 27.8 Å². The normalized spacial score (nSPS) is 14.2. The molecule has 2 aromatic rings. The van der Waals surface area contributed by atoms with E-state index in [1.807, 2.05) is 34.6 Å². The maximum absolute atomic E-state index is 12.9. The average Bonchev–Trinajstić information content (AvgIpc) is 3.39. The fourth-order valence-corrected chi connectivity index (χ4v) is 4.64. The van der Waals surface area contributed by atoms with Gasteiger partial charge in [-0.25, -0.2) is 14.8 Å². The van der Waals surface area contributed by atoms with Crippen LogP contribution >= 0.6 is 0 Å². The zero-order chi connectivity index (χ0) is 28.4. The van der Waals surface area contributed by atoms with E-state index >= 15 is 0 Å². The SMILES string of the molecule is CC(C)OCCN(CCCCc1ccc2c(n1)NCCC2)CC[C@H](NC(=O)c1ncoc1C(C)(C)C)C(=O)O. The zero-order valence-corrected chi connectivity index (χ0v) is 24.1. The Morgan fingerprint density at radius 1 is 1.21 bits per heavy atom. The van der Waals surface area contributed by atoms with Crippen molar-refractivity contribution in [1.29, 1.82) is 0 Å². The largest absolute Gasteiger partial charge is 0.480 e. The highest BCUT2D eigenvalue weighted by Crippen LogP contribution is 2.25. The van der Waals surface area contributed by atoms with E-state index in [9.17, 15) is 14.7 Å². The molecule has 0 saturated carbocycles. The third-order valence-corrected chi connectivity index (χ3v) is 6.77. The van der Waals surface area contributed by atoms with Gasteiger partial charge in [0.2, 0.25) is 0 Å². The van der Waals surface area contributed by atoms with E-state index in [2.05, 4.69) is 32.7 Å². The summed E-state index contributed by atoms with van der Waals surface area (Å²) in [5.74, 6) is -0.161. The lowest BCUT2D eigenvalue weighted by molar-refractivity contribution is -0.139. The number of aliphatic carboxylic acids is 1. The zero-order valence-electron chi connectivity index (χ0n) is 24.1. The van der Waals surface area contributed by atoms with Crippen molar-refractivity contribution in [2.75, 3.05) is 38.1 Å². The van der Waals surface area contributed by atoms with Crippen molar-refractivity contribution in [2.45, 2.75) is 90.7 Å². The summed E-state index contributed by atoms with van der Waals surface area (Å²) >= 11 is 0. The third-order valence-electron chi connectivity index (χ3n) is 6.77. The Bertz CT molecular complexity index is 1080. The number of oxazole rings is 1. The minimum Gasteiger partial charge on any atom is -0.480 e. The lowest BCUT2D eigenvalue weighted by Crippen LogP contribution is -2.44. The average molecular weight is 544 g/mol. The van der Waals surface area contributed by atoms with E-state index in [0.717, 1.165) is 56.7 Å². The number of pyridine rings is 1. The number of carboxylic acid groups (broad SMARTS) is 1. The van der Waals surface area contributed by atoms with Crippen LogP contribution in [0.3, 0.4) is 0 Å². The second-order valence-electron chi connectivity index (χ2n) is 11.5. The number of aromatic nitrogens is 2. The predicted octanol–water partition coefficient (Wildman–Crippen LogP) is 4.05. The molecule has 3 rings (SSSR count). The molecular weight excluding hydrogens is 498 g/mol. The number of nitrogens with zero attached hydrogens (tertiary/aromatic N) is 3. The second-order valence-corrected chi connectivity index (χ2v) is 11.5. The molecule has 0 saturated heterocycles. The Hall–Kier alpha value is -2.98. The number of nitrogens with one attached hydrogen (secondary N) is 2. The molecule has 1 amide bonds. The van der Waals surface area contributed by atoms with Gasteiger partial charge in [0.05, 0.1) is 12.7 Å². The summed E-state index contributed by atoms with van der Waals surface area (Å²) in [5, 5.41) is 15.9. The van der Waals surface area contributed by atoms with Gasteiger partial charge in [-0.3, -0.25) is 4.79 Å². The van der Waals surface area contributed by atoms with E-state index < -0.39 is 23.3 Å². The summed E-state index contributed by atoms with van der Waals surface area (Å²) in [6.45, 7) is 13.3. The molecule has 216 valence electrons. The molecule has 0 spiro atoms. The summed E-state index contributed by atoms with van der Waals surface area (Å²) in [6.07, 6.45) is 6.67. The second kappa shape index (κ2) is 14.4. The molecular formula is C29H45N5O5. The third kappa shape index (κ3) is 9.61. The number of fused-ring (bicyclic) bond motifs is 1. The van der Waals surface area contributed by atoms with Crippen molar-refractivity contribution in [2.24, 2.45) is 0 Å². The Morgan fingerprint density at radius 3 is 2.72 bits per heavy atom. The van der Waals surface area contributed by atoms with E-state index in [0.29, 0.717) is 25.5 Å². The Balaban J connectivity index is 1.53. The summed E-state index contributed by atoms with van der Waals surface area (Å²) in [5.41, 5.74) is 2.08. The number of rotatable bonds is 15. The molecule has 0 fully saturated rings. The molecule has 39 heavy (non-hydrogen) atoms. The number of amides is 1. The van der Waals surface area contributed by atoms with Crippen molar-refractivity contribution >= 4 is 17.7 Å². The molecule has 3 N–H and O–H groups in total. The van der Waals surface area contributed by atoms with Crippen LogP contribution in [0.15, 0.2) is 22.9 Å². The van der Waals surface area contributed by atoms with Gasteiger partial charge in [-0.1, -0.05) is 26.8 Å². The molecule has 10 heteroatoms. The fourth-order valence-electron chi connectivity index (χ4n) is 4.64. The minimum atomic E-state index is -1.07. The Kier molecular flexibility index (Phi) is 11.3. The maximum atomic E-state index is 12.9. The monoisotopic (exact) mass is 543 g/mol. The van der Waals surface area contributed by atoms with Crippen LogP contribution < -0.4 is 10.6 Å². The molecule has 1 aliphatic heterocycles. The predicted molar refractivity (Wildman–Crippen MR) is 150 cm³/mol.